The zero-order valence-electron chi connectivity index (χ0n) is 20.0. The van der Waals surface area contributed by atoms with Crippen LogP contribution in [0.5, 0.6) is 11.9 Å². The molecule has 2 saturated carbocycles. The van der Waals surface area contributed by atoms with E-state index in [0.717, 1.165) is 17.7 Å². The van der Waals surface area contributed by atoms with E-state index in [1.165, 1.54) is 25.3 Å². The molecule has 1 heterocycles. The van der Waals surface area contributed by atoms with Crippen LogP contribution in [0.25, 0.3) is 0 Å². The fourth-order valence-electron chi connectivity index (χ4n) is 8.60. The van der Waals surface area contributed by atoms with Gasteiger partial charge in [-0.05, 0) is 41.2 Å². The van der Waals surface area contributed by atoms with E-state index in [4.69, 9.17) is 23.9 Å². The average Bonchev–Trinajstić information content (AvgIpc) is 3.41. The molecule has 0 spiro atoms. The van der Waals surface area contributed by atoms with Crippen LogP contribution >= 0.6 is 0 Å². The number of esters is 2. The molecule has 0 N–H and O–H groups in total. The lowest BCUT2D eigenvalue weighted by atomic mass is 9.46. The van der Waals surface area contributed by atoms with Crippen LogP contribution in [-0.2, 0) is 19.1 Å². The number of methoxy groups -OCH3 is 4. The van der Waals surface area contributed by atoms with Gasteiger partial charge in [0.05, 0.1) is 45.3 Å². The maximum absolute atomic E-state index is 12.8. The third-order valence-corrected chi connectivity index (χ3v) is 9.39. The summed E-state index contributed by atoms with van der Waals surface area (Å²) in [5.74, 6) is 1.01. The highest BCUT2D eigenvalue weighted by molar-refractivity contribution is 6.04. The van der Waals surface area contributed by atoms with Crippen molar-refractivity contribution < 1.29 is 28.5 Å². The Kier molecular flexibility index (Phi) is 4.22. The number of benzene rings is 1. The van der Waals surface area contributed by atoms with Crippen molar-refractivity contribution in [3.8, 4) is 11.9 Å². The van der Waals surface area contributed by atoms with Crippen LogP contribution in [0.1, 0.15) is 40.6 Å². The molecule has 0 aliphatic heterocycles. The molecule has 2 aromatic rings. The highest BCUT2D eigenvalue weighted by atomic mass is 16.5. The summed E-state index contributed by atoms with van der Waals surface area (Å²) in [5, 5.41) is 0. The van der Waals surface area contributed by atoms with Crippen molar-refractivity contribution in [3.05, 3.63) is 57.8 Å². The van der Waals surface area contributed by atoms with Gasteiger partial charge in [0.1, 0.15) is 0 Å². The van der Waals surface area contributed by atoms with Gasteiger partial charge in [-0.25, -0.2) is 9.59 Å². The van der Waals surface area contributed by atoms with Gasteiger partial charge in [0, 0.05) is 29.2 Å². The minimum atomic E-state index is -0.414. The second-order valence-electron chi connectivity index (χ2n) is 10.2. The fraction of sp³-hybridized carbons (Fsp3) is 0.481. The van der Waals surface area contributed by atoms with Crippen molar-refractivity contribution >= 4 is 11.9 Å². The van der Waals surface area contributed by atoms with E-state index in [1.807, 2.05) is 0 Å². The van der Waals surface area contributed by atoms with Crippen molar-refractivity contribution in [1.29, 1.82) is 0 Å². The summed E-state index contributed by atoms with van der Waals surface area (Å²) in [6.07, 6.45) is 0.966. The van der Waals surface area contributed by atoms with Gasteiger partial charge in [-0.15, -0.1) is 0 Å². The van der Waals surface area contributed by atoms with Crippen molar-refractivity contribution in [2.45, 2.75) is 18.3 Å². The molecule has 180 valence electrons. The van der Waals surface area contributed by atoms with E-state index in [9.17, 15) is 9.59 Å². The van der Waals surface area contributed by atoms with Crippen molar-refractivity contribution in [2.24, 2.45) is 35.5 Å². The summed E-state index contributed by atoms with van der Waals surface area (Å²) in [5.41, 5.74) is 5.62. The molecule has 0 saturated heterocycles. The van der Waals surface area contributed by atoms with Crippen molar-refractivity contribution in [3.63, 3.8) is 0 Å². The van der Waals surface area contributed by atoms with Gasteiger partial charge >= 0.3 is 17.9 Å². The summed E-state index contributed by atoms with van der Waals surface area (Å²) in [7, 11) is 5.95. The molecule has 1 aromatic carbocycles. The Morgan fingerprint density at radius 3 is 1.91 bits per heavy atom. The van der Waals surface area contributed by atoms with Gasteiger partial charge in [-0.3, -0.25) is 0 Å². The van der Waals surface area contributed by atoms with Gasteiger partial charge < -0.3 is 18.9 Å². The molecular weight excluding hydrogens is 448 g/mol. The molecule has 6 aliphatic carbocycles. The summed E-state index contributed by atoms with van der Waals surface area (Å²) >= 11 is 0. The summed E-state index contributed by atoms with van der Waals surface area (Å²) in [6, 6.07) is 8.87. The first-order valence-corrected chi connectivity index (χ1v) is 12.0. The zero-order valence-corrected chi connectivity index (χ0v) is 20.0. The third-order valence-electron chi connectivity index (χ3n) is 9.39. The molecule has 2 fully saturated rings. The Bertz CT molecular complexity index is 1330. The number of aromatic nitrogens is 2. The SMILES string of the molecule is COC(=O)C1=C(C(=O)OC)[C@H]2[C@H]3C[C@@H]([C@@H]12)[C@@H]1[C@@H]2c4ccccc4[C@@H](c4nc(OC)nc(OC)c42)[C@H]31. The smallest absolute Gasteiger partial charge is 0.334 e. The lowest BCUT2D eigenvalue weighted by Gasteiger charge is -2.57. The maximum Gasteiger partial charge on any atom is 0.334 e. The molecule has 8 atom stereocenters. The lowest BCUT2D eigenvalue weighted by Crippen LogP contribution is -2.53. The van der Waals surface area contributed by atoms with Crippen molar-refractivity contribution in [1.82, 2.24) is 9.97 Å². The Morgan fingerprint density at radius 2 is 1.37 bits per heavy atom. The van der Waals surface area contributed by atoms with Gasteiger partial charge in [0.2, 0.25) is 5.88 Å². The number of hydrogen-bond acceptors (Lipinski definition) is 8. The number of carbonyl (C=O) groups is 2. The Balaban J connectivity index is 1.44. The van der Waals surface area contributed by atoms with Crippen molar-refractivity contribution in [2.75, 3.05) is 28.4 Å². The molecule has 4 bridgehead atoms. The van der Waals surface area contributed by atoms with Crippen LogP contribution in [-0.4, -0.2) is 50.3 Å². The molecule has 8 rings (SSSR count). The van der Waals surface area contributed by atoms with Crippen LogP contribution in [0.4, 0.5) is 0 Å². The molecule has 0 unspecified atom stereocenters. The second kappa shape index (κ2) is 7.06. The number of carbonyl (C=O) groups excluding carboxylic acids is 2. The summed E-state index contributed by atoms with van der Waals surface area (Å²) in [4.78, 5) is 35.0. The molecule has 6 aliphatic rings. The molecule has 0 radical (unpaired) electrons. The summed E-state index contributed by atoms with van der Waals surface area (Å²) < 4.78 is 21.4. The highest BCUT2D eigenvalue weighted by Gasteiger charge is 2.72. The first-order valence-electron chi connectivity index (χ1n) is 12.0. The minimum Gasteiger partial charge on any atom is -0.481 e. The number of fused-ring (bicyclic) bond motifs is 5. The van der Waals surface area contributed by atoms with Gasteiger partial charge in [0.25, 0.3) is 0 Å². The third kappa shape index (κ3) is 2.33. The Labute approximate surface area is 202 Å². The van der Waals surface area contributed by atoms with Gasteiger partial charge in [0.15, 0.2) is 0 Å². The van der Waals surface area contributed by atoms with Crippen LogP contribution in [0.3, 0.4) is 0 Å². The molecule has 8 heteroatoms. The quantitative estimate of drug-likeness (QED) is 0.624. The van der Waals surface area contributed by atoms with Crippen LogP contribution in [0.15, 0.2) is 35.4 Å². The Morgan fingerprint density at radius 1 is 0.800 bits per heavy atom. The highest BCUT2D eigenvalue weighted by Crippen LogP contribution is 2.76. The molecular formula is C27H26N2O6. The molecule has 8 nitrogen and oxygen atoms in total. The van der Waals surface area contributed by atoms with E-state index >= 15 is 0 Å². The van der Waals surface area contributed by atoms with E-state index in [2.05, 4.69) is 29.2 Å². The van der Waals surface area contributed by atoms with E-state index in [-0.39, 0.29) is 35.5 Å². The van der Waals surface area contributed by atoms with E-state index in [1.54, 1.807) is 14.2 Å². The topological polar surface area (TPSA) is 96.8 Å². The minimum absolute atomic E-state index is 0.0166. The first-order chi connectivity index (χ1) is 17.0. The monoisotopic (exact) mass is 474 g/mol. The lowest BCUT2D eigenvalue weighted by molar-refractivity contribution is -0.144. The summed E-state index contributed by atoms with van der Waals surface area (Å²) in [6.45, 7) is 0. The molecule has 0 amide bonds. The van der Waals surface area contributed by atoms with E-state index in [0.29, 0.717) is 34.9 Å². The number of ether oxygens (including phenoxy) is 4. The largest absolute Gasteiger partial charge is 0.481 e. The normalized spacial score (nSPS) is 34.3. The standard InChI is InChI=1S/C27H26N2O6/c1-32-24-22-14-10-7-5-6-8-11(10)19(23(22)28-27(29-24)35-4)16-13-9-12(15(14)16)17-18(13)21(26(31)34-3)20(17)25(30)33-2/h5-8,12-19H,9H2,1-4H3/t12-,13+,14+,15-,16-,17-,18+,19-/m1/s1. The molecule has 1 aromatic heterocycles. The first kappa shape index (κ1) is 20.9. The van der Waals surface area contributed by atoms with Crippen LogP contribution in [0.2, 0.25) is 0 Å². The average molecular weight is 475 g/mol. The predicted molar refractivity (Wildman–Crippen MR) is 122 cm³/mol. The molecule has 35 heavy (non-hydrogen) atoms. The number of hydrogen-bond donors (Lipinski definition) is 0. The maximum atomic E-state index is 12.8. The predicted octanol–water partition coefficient (Wildman–Crippen LogP) is 2.86. The number of nitrogens with zero attached hydrogens (tertiary/aromatic N) is 2. The van der Waals surface area contributed by atoms with Gasteiger partial charge in [-0.2, -0.15) is 9.97 Å². The second-order valence-corrected chi connectivity index (χ2v) is 10.2. The van der Waals surface area contributed by atoms with Gasteiger partial charge in [-0.1, -0.05) is 24.3 Å². The fourth-order valence-corrected chi connectivity index (χ4v) is 8.60. The zero-order chi connectivity index (χ0) is 24.2. The van der Waals surface area contributed by atoms with Crippen LogP contribution in [0, 0.1) is 35.5 Å². The van der Waals surface area contributed by atoms with E-state index < -0.39 is 11.9 Å². The number of rotatable bonds is 4. The van der Waals surface area contributed by atoms with Crippen LogP contribution < -0.4 is 9.47 Å². The Hall–Kier alpha value is -3.42.